The summed E-state index contributed by atoms with van der Waals surface area (Å²) in [5, 5.41) is 2.72. The molecule has 0 aliphatic carbocycles. The Balaban J connectivity index is 1.89. The van der Waals surface area contributed by atoms with Crippen molar-refractivity contribution >= 4 is 27.9 Å². The molecule has 0 aromatic heterocycles. The zero-order valence-corrected chi connectivity index (χ0v) is 18.6. The van der Waals surface area contributed by atoms with Crippen molar-refractivity contribution in [2.75, 3.05) is 18.0 Å². The highest BCUT2D eigenvalue weighted by molar-refractivity contribution is 7.92. The van der Waals surface area contributed by atoms with Crippen LogP contribution in [0, 0.1) is 6.92 Å². The van der Waals surface area contributed by atoms with Gasteiger partial charge in [0.25, 0.3) is 10.0 Å². The van der Waals surface area contributed by atoms with E-state index in [-0.39, 0.29) is 17.1 Å². The van der Waals surface area contributed by atoms with Gasteiger partial charge in [0.1, 0.15) is 18.6 Å². The van der Waals surface area contributed by atoms with Crippen molar-refractivity contribution in [1.82, 2.24) is 5.32 Å². The molecule has 166 valence electrons. The van der Waals surface area contributed by atoms with Gasteiger partial charge in [-0.25, -0.2) is 8.42 Å². The predicted octanol–water partition coefficient (Wildman–Crippen LogP) is 3.33. The Bertz CT molecular complexity index is 1210. The third kappa shape index (κ3) is 5.33. The van der Waals surface area contributed by atoms with Crippen LogP contribution >= 0.6 is 0 Å². The van der Waals surface area contributed by atoms with Crippen molar-refractivity contribution in [3.63, 3.8) is 0 Å². The second-order valence-electron chi connectivity index (χ2n) is 7.14. The molecular formula is C24H24N2O5S. The van der Waals surface area contributed by atoms with Crippen molar-refractivity contribution in [1.29, 1.82) is 0 Å². The van der Waals surface area contributed by atoms with E-state index in [1.54, 1.807) is 60.7 Å². The van der Waals surface area contributed by atoms with Gasteiger partial charge in [-0.3, -0.25) is 13.9 Å². The first-order valence-corrected chi connectivity index (χ1v) is 11.3. The summed E-state index contributed by atoms with van der Waals surface area (Å²) in [7, 11) is -2.61. The number of aryl methyl sites for hydroxylation is 1. The summed E-state index contributed by atoms with van der Waals surface area (Å²) in [5.74, 6) is -0.169. The van der Waals surface area contributed by atoms with E-state index in [0.29, 0.717) is 11.3 Å². The Kier molecular flexibility index (Phi) is 7.27. The lowest BCUT2D eigenvalue weighted by Gasteiger charge is -2.25. The van der Waals surface area contributed by atoms with E-state index in [1.165, 1.54) is 19.2 Å². The number of para-hydroxylation sites is 2. The van der Waals surface area contributed by atoms with E-state index < -0.39 is 22.5 Å². The minimum atomic E-state index is -4.05. The molecule has 1 amide bonds. The zero-order valence-electron chi connectivity index (χ0n) is 17.8. The molecule has 0 saturated heterocycles. The summed E-state index contributed by atoms with van der Waals surface area (Å²) >= 11 is 0. The van der Waals surface area contributed by atoms with E-state index in [2.05, 4.69) is 5.32 Å². The highest BCUT2D eigenvalue weighted by atomic mass is 32.2. The van der Waals surface area contributed by atoms with Crippen LogP contribution in [0.3, 0.4) is 0 Å². The normalized spacial score (nSPS) is 10.9. The number of aldehydes is 1. The maximum Gasteiger partial charge on any atom is 0.264 e. The topological polar surface area (TPSA) is 92.8 Å². The maximum absolute atomic E-state index is 13.5. The number of nitrogens with one attached hydrogen (secondary N) is 1. The third-order valence-corrected chi connectivity index (χ3v) is 6.60. The van der Waals surface area contributed by atoms with Gasteiger partial charge in [0.2, 0.25) is 5.91 Å². The average molecular weight is 453 g/mol. The Morgan fingerprint density at radius 1 is 1.03 bits per heavy atom. The third-order valence-electron chi connectivity index (χ3n) is 4.83. The van der Waals surface area contributed by atoms with Gasteiger partial charge in [0.15, 0.2) is 0 Å². The van der Waals surface area contributed by atoms with Crippen LogP contribution in [0.5, 0.6) is 5.75 Å². The molecule has 8 heteroatoms. The number of amides is 1. The van der Waals surface area contributed by atoms with Gasteiger partial charge in [0.05, 0.1) is 17.7 Å². The van der Waals surface area contributed by atoms with Gasteiger partial charge < -0.3 is 10.1 Å². The molecule has 0 aliphatic heterocycles. The summed E-state index contributed by atoms with van der Waals surface area (Å²) in [4.78, 5) is 23.8. The number of benzene rings is 3. The fraction of sp³-hybridized carbons (Fsp3) is 0.167. The van der Waals surface area contributed by atoms with Gasteiger partial charge in [-0.2, -0.15) is 0 Å². The molecule has 0 bridgehead atoms. The number of methoxy groups -OCH3 is 1. The van der Waals surface area contributed by atoms with Crippen molar-refractivity contribution in [2.45, 2.75) is 18.4 Å². The first-order valence-electron chi connectivity index (χ1n) is 9.88. The van der Waals surface area contributed by atoms with Gasteiger partial charge in [-0.1, -0.05) is 48.0 Å². The molecule has 3 rings (SSSR count). The van der Waals surface area contributed by atoms with Crippen molar-refractivity contribution in [3.8, 4) is 5.75 Å². The number of ether oxygens (including phenoxy) is 1. The first-order chi connectivity index (χ1) is 15.3. The van der Waals surface area contributed by atoms with E-state index in [1.807, 2.05) is 6.92 Å². The Labute approximate surface area is 187 Å². The molecule has 3 aromatic rings. The number of carbonyl (C=O) groups excluding carboxylic acids is 2. The lowest BCUT2D eigenvalue weighted by Crippen LogP contribution is -2.40. The molecule has 1 N–H and O–H groups in total. The Hall–Kier alpha value is -3.65. The van der Waals surface area contributed by atoms with Crippen LogP contribution in [0.25, 0.3) is 0 Å². The van der Waals surface area contributed by atoms with Gasteiger partial charge in [-0.05, 0) is 42.8 Å². The van der Waals surface area contributed by atoms with E-state index >= 15 is 0 Å². The first kappa shape index (κ1) is 23.0. The standard InChI is InChI=1S/C24H24N2O5S/c1-18-10-12-21(13-11-18)32(29,30)26(22-8-3-4-9-23(22)31-2)16-24(28)25-15-19-6-5-7-20(14-19)17-27/h3-14,17H,15-16H2,1-2H3,(H,25,28). The van der Waals surface area contributed by atoms with E-state index in [4.69, 9.17) is 4.74 Å². The predicted molar refractivity (Wildman–Crippen MR) is 122 cm³/mol. The number of nitrogens with zero attached hydrogens (tertiary/aromatic N) is 1. The van der Waals surface area contributed by atoms with E-state index in [9.17, 15) is 18.0 Å². The number of hydrogen-bond donors (Lipinski definition) is 1. The minimum absolute atomic E-state index is 0.0699. The molecule has 0 heterocycles. The summed E-state index contributed by atoms with van der Waals surface area (Å²) < 4.78 is 33.3. The smallest absolute Gasteiger partial charge is 0.264 e. The number of carbonyl (C=O) groups is 2. The average Bonchev–Trinajstić information content (AvgIpc) is 2.81. The summed E-state index contributed by atoms with van der Waals surface area (Å²) in [6.45, 7) is 1.58. The highest BCUT2D eigenvalue weighted by Crippen LogP contribution is 2.32. The van der Waals surface area contributed by atoms with E-state index in [0.717, 1.165) is 21.7 Å². The molecule has 3 aromatic carbocycles. The molecule has 0 fully saturated rings. The number of hydrogen-bond acceptors (Lipinski definition) is 5. The minimum Gasteiger partial charge on any atom is -0.495 e. The molecular weight excluding hydrogens is 428 g/mol. The molecule has 0 radical (unpaired) electrons. The van der Waals surface area contributed by atoms with Crippen LogP contribution in [0.15, 0.2) is 77.7 Å². The quantitative estimate of drug-likeness (QED) is 0.503. The number of anilines is 1. The molecule has 0 aliphatic rings. The van der Waals surface area contributed by atoms with Crippen molar-refractivity contribution in [3.05, 3.63) is 89.5 Å². The molecule has 7 nitrogen and oxygen atoms in total. The molecule has 0 unspecified atom stereocenters. The zero-order chi connectivity index (χ0) is 23.1. The lowest BCUT2D eigenvalue weighted by atomic mass is 10.1. The fourth-order valence-electron chi connectivity index (χ4n) is 3.14. The van der Waals surface area contributed by atoms with Gasteiger partial charge in [0, 0.05) is 12.1 Å². The van der Waals surface area contributed by atoms with Crippen LogP contribution in [-0.4, -0.2) is 34.3 Å². The summed E-state index contributed by atoms with van der Waals surface area (Å²) in [6, 6.07) is 19.9. The molecule has 0 atom stereocenters. The number of rotatable bonds is 9. The van der Waals surface area contributed by atoms with Gasteiger partial charge >= 0.3 is 0 Å². The Morgan fingerprint density at radius 2 is 1.75 bits per heavy atom. The van der Waals surface area contributed by atoms with Crippen LogP contribution in [0.2, 0.25) is 0 Å². The van der Waals surface area contributed by atoms with Gasteiger partial charge in [-0.15, -0.1) is 0 Å². The SMILES string of the molecule is COc1ccccc1N(CC(=O)NCc1cccc(C=O)c1)S(=O)(=O)c1ccc(C)cc1. The van der Waals surface area contributed by atoms with Crippen LogP contribution < -0.4 is 14.4 Å². The van der Waals surface area contributed by atoms with Crippen LogP contribution in [-0.2, 0) is 21.4 Å². The van der Waals surface area contributed by atoms with Crippen molar-refractivity contribution < 1.29 is 22.7 Å². The Morgan fingerprint density at radius 3 is 2.44 bits per heavy atom. The molecule has 32 heavy (non-hydrogen) atoms. The monoisotopic (exact) mass is 452 g/mol. The van der Waals surface area contributed by atoms with Crippen LogP contribution in [0.1, 0.15) is 21.5 Å². The fourth-order valence-corrected chi connectivity index (χ4v) is 4.57. The largest absolute Gasteiger partial charge is 0.495 e. The molecule has 0 spiro atoms. The summed E-state index contributed by atoms with van der Waals surface area (Å²) in [6.07, 6.45) is 0.725. The maximum atomic E-state index is 13.5. The van der Waals surface area contributed by atoms with Crippen LogP contribution in [0.4, 0.5) is 5.69 Å². The number of sulfonamides is 1. The summed E-state index contributed by atoms with van der Waals surface area (Å²) in [5.41, 5.74) is 2.40. The second kappa shape index (κ2) is 10.1. The van der Waals surface area contributed by atoms with Crippen molar-refractivity contribution in [2.24, 2.45) is 0 Å². The lowest BCUT2D eigenvalue weighted by molar-refractivity contribution is -0.119. The molecule has 0 saturated carbocycles. The highest BCUT2D eigenvalue weighted by Gasteiger charge is 2.29. The second-order valence-corrected chi connectivity index (χ2v) is 9.00.